The number of hydrogen-bond acceptors (Lipinski definition) is 2. The largest absolute Gasteiger partial charge is 0.139 e. The maximum absolute atomic E-state index is 6.00. The zero-order valence-corrected chi connectivity index (χ0v) is 9.82. The van der Waals surface area contributed by atoms with E-state index in [1.54, 1.807) is 11.8 Å². The van der Waals surface area contributed by atoms with Crippen LogP contribution in [-0.4, -0.2) is 6.26 Å². The van der Waals surface area contributed by atoms with Crippen LogP contribution in [0.4, 0.5) is 0 Å². The van der Waals surface area contributed by atoms with E-state index in [0.29, 0.717) is 0 Å². The second kappa shape index (κ2) is 3.52. The van der Waals surface area contributed by atoms with E-state index in [1.165, 1.54) is 19.9 Å². The molecule has 0 nitrogen and oxygen atoms in total. The predicted molar refractivity (Wildman–Crippen MR) is 63.4 cm³/mol. The number of aryl methyl sites for hydroxylation is 1. The Hall–Kier alpha value is -0.180. The molecule has 2 rings (SSSR count). The molecular formula is C10H9ClS2. The normalized spacial score (nSPS) is 11.0. The lowest BCUT2D eigenvalue weighted by atomic mass is 10.2. The molecule has 1 aromatic carbocycles. The molecule has 0 aliphatic rings. The first kappa shape index (κ1) is 9.38. The van der Waals surface area contributed by atoms with Crippen LogP contribution >= 0.6 is 34.7 Å². The van der Waals surface area contributed by atoms with Crippen LogP contribution in [0, 0.1) is 6.92 Å². The molecule has 0 bridgehead atoms. The Morgan fingerprint density at radius 2 is 2.08 bits per heavy atom. The summed E-state index contributed by atoms with van der Waals surface area (Å²) in [4.78, 5) is 2.62. The Balaban J connectivity index is 2.80. The fraction of sp³-hybridized carbons (Fsp3) is 0.200. The van der Waals surface area contributed by atoms with Crippen molar-refractivity contribution in [3.8, 4) is 0 Å². The van der Waals surface area contributed by atoms with Crippen LogP contribution in [0.2, 0.25) is 5.02 Å². The standard InChI is InChI=1S/C10H9ClS2/c1-6-3-7-4-8(11)5-9(12-2)10(7)13-6/h3-5H,1-2H3. The van der Waals surface area contributed by atoms with Gasteiger partial charge in [-0.05, 0) is 36.8 Å². The molecule has 0 spiro atoms. The molecule has 0 saturated heterocycles. The maximum Gasteiger partial charge on any atom is 0.0482 e. The maximum atomic E-state index is 6.00. The van der Waals surface area contributed by atoms with Crippen molar-refractivity contribution in [3.05, 3.63) is 28.1 Å². The molecule has 0 aliphatic heterocycles. The minimum absolute atomic E-state index is 0.828. The number of rotatable bonds is 1. The second-order valence-electron chi connectivity index (χ2n) is 2.88. The lowest BCUT2D eigenvalue weighted by Gasteiger charge is -1.98. The average Bonchev–Trinajstić information content (AvgIpc) is 2.43. The molecule has 2 aromatic rings. The first-order valence-electron chi connectivity index (χ1n) is 3.94. The molecule has 0 saturated carbocycles. The molecule has 1 aromatic heterocycles. The highest BCUT2D eigenvalue weighted by molar-refractivity contribution is 7.99. The highest BCUT2D eigenvalue weighted by atomic mass is 35.5. The quantitative estimate of drug-likeness (QED) is 0.644. The summed E-state index contributed by atoms with van der Waals surface area (Å²) in [7, 11) is 0. The zero-order chi connectivity index (χ0) is 9.42. The first-order valence-corrected chi connectivity index (χ1v) is 6.36. The molecule has 13 heavy (non-hydrogen) atoms. The summed E-state index contributed by atoms with van der Waals surface area (Å²) in [6.07, 6.45) is 2.08. The number of fused-ring (bicyclic) bond motifs is 1. The van der Waals surface area contributed by atoms with E-state index in [9.17, 15) is 0 Å². The Kier molecular flexibility index (Phi) is 2.54. The minimum Gasteiger partial charge on any atom is -0.139 e. The van der Waals surface area contributed by atoms with Gasteiger partial charge < -0.3 is 0 Å². The molecule has 0 radical (unpaired) electrons. The van der Waals surface area contributed by atoms with Crippen LogP contribution in [0.1, 0.15) is 4.88 Å². The zero-order valence-electron chi connectivity index (χ0n) is 7.43. The Labute approximate surface area is 90.9 Å². The molecule has 0 unspecified atom stereocenters. The third kappa shape index (κ3) is 1.71. The van der Waals surface area contributed by atoms with Crippen molar-refractivity contribution < 1.29 is 0 Å². The number of halogens is 1. The SMILES string of the molecule is CSc1cc(Cl)cc2cc(C)sc12. The summed E-state index contributed by atoms with van der Waals surface area (Å²) in [5, 5.41) is 2.09. The van der Waals surface area contributed by atoms with Gasteiger partial charge in [0.2, 0.25) is 0 Å². The Bertz CT molecular complexity index is 445. The van der Waals surface area contributed by atoms with E-state index in [-0.39, 0.29) is 0 Å². The predicted octanol–water partition coefficient (Wildman–Crippen LogP) is 4.59. The fourth-order valence-electron chi connectivity index (χ4n) is 1.37. The Morgan fingerprint density at radius 1 is 1.31 bits per heavy atom. The Morgan fingerprint density at radius 3 is 2.77 bits per heavy atom. The van der Waals surface area contributed by atoms with Gasteiger partial charge in [0.1, 0.15) is 0 Å². The van der Waals surface area contributed by atoms with E-state index in [0.717, 1.165) is 5.02 Å². The van der Waals surface area contributed by atoms with Gasteiger partial charge in [-0.15, -0.1) is 23.1 Å². The minimum atomic E-state index is 0.828. The van der Waals surface area contributed by atoms with Crippen molar-refractivity contribution in [3.63, 3.8) is 0 Å². The lowest BCUT2D eigenvalue weighted by Crippen LogP contribution is -1.70. The van der Waals surface area contributed by atoms with E-state index < -0.39 is 0 Å². The highest BCUT2D eigenvalue weighted by Gasteiger charge is 2.05. The van der Waals surface area contributed by atoms with E-state index in [4.69, 9.17) is 11.6 Å². The van der Waals surface area contributed by atoms with Gasteiger partial charge in [0, 0.05) is 19.5 Å². The van der Waals surface area contributed by atoms with Crippen molar-refractivity contribution in [1.29, 1.82) is 0 Å². The third-order valence-electron chi connectivity index (χ3n) is 1.89. The highest BCUT2D eigenvalue weighted by Crippen LogP contribution is 2.35. The molecule has 0 atom stereocenters. The van der Waals surface area contributed by atoms with Gasteiger partial charge in [-0.3, -0.25) is 0 Å². The summed E-state index contributed by atoms with van der Waals surface area (Å²) in [6.45, 7) is 2.13. The van der Waals surface area contributed by atoms with Gasteiger partial charge in [-0.25, -0.2) is 0 Å². The van der Waals surface area contributed by atoms with Crippen LogP contribution in [0.3, 0.4) is 0 Å². The first-order chi connectivity index (χ1) is 6.20. The van der Waals surface area contributed by atoms with Crippen molar-refractivity contribution in [2.75, 3.05) is 6.26 Å². The molecule has 0 fully saturated rings. The summed E-state index contributed by atoms with van der Waals surface area (Å²) in [5.41, 5.74) is 0. The van der Waals surface area contributed by atoms with Crippen LogP contribution in [-0.2, 0) is 0 Å². The van der Waals surface area contributed by atoms with E-state index >= 15 is 0 Å². The van der Waals surface area contributed by atoms with Crippen LogP contribution < -0.4 is 0 Å². The number of benzene rings is 1. The fourth-order valence-corrected chi connectivity index (χ4v) is 3.48. The molecule has 0 N–H and O–H groups in total. The van der Waals surface area contributed by atoms with Crippen LogP contribution in [0.5, 0.6) is 0 Å². The van der Waals surface area contributed by atoms with E-state index in [2.05, 4.69) is 19.2 Å². The molecule has 68 valence electrons. The van der Waals surface area contributed by atoms with Crippen molar-refractivity contribution in [2.24, 2.45) is 0 Å². The molecule has 0 aliphatic carbocycles. The molecule has 1 heterocycles. The van der Waals surface area contributed by atoms with Crippen molar-refractivity contribution in [2.45, 2.75) is 11.8 Å². The van der Waals surface area contributed by atoms with Crippen LogP contribution in [0.25, 0.3) is 10.1 Å². The summed E-state index contributed by atoms with van der Waals surface area (Å²) in [5.74, 6) is 0. The summed E-state index contributed by atoms with van der Waals surface area (Å²) < 4.78 is 1.36. The molecular weight excluding hydrogens is 220 g/mol. The van der Waals surface area contributed by atoms with Gasteiger partial charge in [0.25, 0.3) is 0 Å². The molecule has 3 heteroatoms. The number of thiophene rings is 1. The topological polar surface area (TPSA) is 0 Å². The lowest BCUT2D eigenvalue weighted by molar-refractivity contribution is 1.59. The van der Waals surface area contributed by atoms with Gasteiger partial charge in [-0.1, -0.05) is 11.6 Å². The van der Waals surface area contributed by atoms with Crippen molar-refractivity contribution in [1.82, 2.24) is 0 Å². The number of thioether (sulfide) groups is 1. The van der Waals surface area contributed by atoms with Gasteiger partial charge in [0.15, 0.2) is 0 Å². The van der Waals surface area contributed by atoms with Crippen molar-refractivity contribution >= 4 is 44.8 Å². The monoisotopic (exact) mass is 228 g/mol. The van der Waals surface area contributed by atoms with Gasteiger partial charge >= 0.3 is 0 Å². The van der Waals surface area contributed by atoms with Crippen LogP contribution in [0.15, 0.2) is 23.1 Å². The smallest absolute Gasteiger partial charge is 0.0482 e. The summed E-state index contributed by atoms with van der Waals surface area (Å²) >= 11 is 9.59. The van der Waals surface area contributed by atoms with Gasteiger partial charge in [-0.2, -0.15) is 0 Å². The third-order valence-corrected chi connectivity index (χ3v) is 4.10. The average molecular weight is 229 g/mol. The van der Waals surface area contributed by atoms with E-state index in [1.807, 2.05) is 23.5 Å². The molecule has 0 amide bonds. The second-order valence-corrected chi connectivity index (χ2v) is 5.42. The van der Waals surface area contributed by atoms with Gasteiger partial charge in [0.05, 0.1) is 0 Å². The summed E-state index contributed by atoms with van der Waals surface area (Å²) in [6, 6.07) is 6.25. The number of hydrogen-bond donors (Lipinski definition) is 0.